The van der Waals surface area contributed by atoms with Crippen LogP contribution in [0.4, 0.5) is 51.2 Å². The first-order chi connectivity index (χ1) is 38.5. The van der Waals surface area contributed by atoms with Crippen molar-refractivity contribution in [3.05, 3.63) is 233 Å². The van der Waals surface area contributed by atoms with Gasteiger partial charge in [0.15, 0.2) is 0 Å². The van der Waals surface area contributed by atoms with Gasteiger partial charge in [0.25, 0.3) is 0 Å². The molecular weight excluding hydrogens is 1210 g/mol. The van der Waals surface area contributed by atoms with Crippen molar-refractivity contribution in [2.24, 2.45) is 0 Å². The van der Waals surface area contributed by atoms with Gasteiger partial charge < -0.3 is 26.8 Å². The fourth-order valence-corrected chi connectivity index (χ4v) is 13.4. The molecule has 0 atom stereocenters. The minimum absolute atomic E-state index is 0. The second-order valence-electron chi connectivity index (χ2n) is 29.3. The molecule has 0 aromatic heterocycles. The van der Waals surface area contributed by atoms with E-state index in [2.05, 4.69) is 314 Å². The fourth-order valence-electron chi connectivity index (χ4n) is 13.4. The van der Waals surface area contributed by atoms with E-state index in [9.17, 15) is 0 Å². The van der Waals surface area contributed by atoms with E-state index in [-0.39, 0.29) is 93.8 Å². The van der Waals surface area contributed by atoms with Crippen LogP contribution in [0.5, 0.6) is 0 Å². The zero-order chi connectivity index (χ0) is 58.4. The molecule has 0 radical (unpaired) electrons. The van der Waals surface area contributed by atoms with Crippen molar-refractivity contribution in [1.82, 2.24) is 0 Å². The monoisotopic (exact) mass is 1300 g/mol. The number of anilines is 9. The molecule has 0 bridgehead atoms. The second-order valence-corrected chi connectivity index (χ2v) is 29.3. The molecule has 1 aliphatic carbocycles. The Labute approximate surface area is 544 Å². The summed E-state index contributed by atoms with van der Waals surface area (Å²) in [7, 11) is 0. The molecule has 9 aromatic rings. The van der Waals surface area contributed by atoms with Crippen LogP contribution in [-0.2, 0) is 87.1 Å². The third-order valence-corrected chi connectivity index (χ3v) is 18.1. The largest absolute Gasteiger partial charge is 2.00 e. The molecule has 2 heterocycles. The van der Waals surface area contributed by atoms with Crippen LogP contribution in [0.1, 0.15) is 162 Å². The maximum atomic E-state index is 5.10. The Balaban J connectivity index is 0.00000393. The molecule has 9 aromatic carbocycles. The Kier molecular flexibility index (Phi) is 15.7. The number of rotatable bonds is 6. The van der Waals surface area contributed by atoms with Gasteiger partial charge in [-0.2, -0.15) is 12.5 Å². The van der Waals surface area contributed by atoms with Crippen LogP contribution in [0, 0.1) is 19.1 Å². The van der Waals surface area contributed by atoms with Crippen molar-refractivity contribution in [2.75, 3.05) is 14.7 Å². The summed E-state index contributed by atoms with van der Waals surface area (Å²) in [5.41, 5.74) is 28.3. The van der Waals surface area contributed by atoms with E-state index in [4.69, 9.17) is 6.92 Å². The van der Waals surface area contributed by atoms with Gasteiger partial charge in [-0.1, -0.05) is 237 Å². The summed E-state index contributed by atoms with van der Waals surface area (Å²) in [6, 6.07) is 72.7. The molecule has 0 amide bonds. The molecule has 416 valence electrons. The van der Waals surface area contributed by atoms with Gasteiger partial charge in [0.2, 0.25) is 6.71 Å². The Morgan fingerprint density at radius 1 is 0.464 bits per heavy atom. The molecule has 84 heavy (non-hydrogen) atoms. The summed E-state index contributed by atoms with van der Waals surface area (Å²) in [4.78, 5) is 7.48. The van der Waals surface area contributed by atoms with Crippen LogP contribution in [-0.4, -0.2) is 6.71 Å². The standard InChI is InChI=1S/C78H81BN3.2Cd/c1-49-64(77(14,15)16)48-69-71-72(49)82(58-41-32-53(33-42-58)75(8,9)10)67-45-34-54(76(11,12)13)46-66(67)79(71)65-44-43-59(80(55-37-28-51(29-38-55)73(2,3)4)56-39-30-52(31-40-56)74(5,6)7)47-68(65)81(69)57-35-26-50(27-36-57)60-23-21-24-62-61-22-19-20-25-63(61)78(17,18)70(60)62;;/h19-40,43-48H,1H2,2-18H3;;/q-3;;+2. The van der Waals surface area contributed by atoms with Crippen molar-refractivity contribution in [1.29, 1.82) is 0 Å². The summed E-state index contributed by atoms with van der Waals surface area (Å²) in [5, 5.41) is 0. The first-order valence-electron chi connectivity index (χ1n) is 29.7. The van der Waals surface area contributed by atoms with E-state index in [1.165, 1.54) is 77.6 Å². The molecule has 3 aliphatic rings. The molecule has 0 saturated heterocycles. The SMILES string of the molecule is [CH2-]c1c(C(C)(C)C)cc2c3c1N(c1[c-]cc(C(C)(C)C)c[c-]1)c1ccc(C(C)(C)C)cc1B3c1ccc(N(c3ccc(C(C)(C)C)cc3)c3ccc(C(C)(C)C)cc3)cc1N2c1ccc(-c2cccc3c2C(C)(C)c2ccccc2-3)cc1.[Cd+2].[Cd]. The van der Waals surface area contributed by atoms with Gasteiger partial charge in [-0.25, -0.2) is 5.69 Å². The normalized spacial score (nSPS) is 14.1. The molecular formula is C78H81BCd2N3-. The Morgan fingerprint density at radius 3 is 1.55 bits per heavy atom. The zero-order valence-electron chi connectivity index (χ0n) is 53.2. The van der Waals surface area contributed by atoms with Gasteiger partial charge in [-0.05, 0) is 132 Å². The van der Waals surface area contributed by atoms with E-state index in [0.29, 0.717) is 0 Å². The molecule has 3 nitrogen and oxygen atoms in total. The number of fused-ring (bicyclic) bond motifs is 7. The third-order valence-electron chi connectivity index (χ3n) is 18.1. The van der Waals surface area contributed by atoms with Crippen molar-refractivity contribution in [3.8, 4) is 22.3 Å². The Bertz CT molecular complexity index is 3910. The number of hydrogen-bond acceptors (Lipinski definition) is 3. The predicted molar refractivity (Wildman–Crippen MR) is 354 cm³/mol. The number of benzene rings is 9. The van der Waals surface area contributed by atoms with E-state index in [1.54, 1.807) is 0 Å². The molecule has 0 fully saturated rings. The van der Waals surface area contributed by atoms with E-state index in [1.807, 2.05) is 0 Å². The summed E-state index contributed by atoms with van der Waals surface area (Å²) in [6.45, 7) is 44.3. The van der Waals surface area contributed by atoms with Gasteiger partial charge in [0.1, 0.15) is 0 Å². The van der Waals surface area contributed by atoms with E-state index >= 15 is 0 Å². The fraction of sp³-hybridized carbons (Fsp3) is 0.295. The van der Waals surface area contributed by atoms with Gasteiger partial charge in [-0.3, -0.25) is 17.7 Å². The molecule has 12 rings (SSSR count). The van der Waals surface area contributed by atoms with Crippen molar-refractivity contribution >= 4 is 74.3 Å². The maximum absolute atomic E-state index is 5.10. The molecule has 0 spiro atoms. The van der Waals surface area contributed by atoms with Crippen molar-refractivity contribution < 1.29 is 54.6 Å². The van der Waals surface area contributed by atoms with Crippen LogP contribution in [0.15, 0.2) is 170 Å². The van der Waals surface area contributed by atoms with Crippen LogP contribution >= 0.6 is 0 Å². The molecule has 6 heteroatoms. The average molecular weight is 1300 g/mol. The molecule has 0 unspecified atom stereocenters. The van der Waals surface area contributed by atoms with Crippen LogP contribution in [0.25, 0.3) is 22.3 Å². The average Bonchev–Trinajstić information content (AvgIpc) is 0.802. The summed E-state index contributed by atoms with van der Waals surface area (Å²) in [6.07, 6.45) is 0. The predicted octanol–water partition coefficient (Wildman–Crippen LogP) is 19.5. The topological polar surface area (TPSA) is 9.72 Å². The van der Waals surface area contributed by atoms with Gasteiger partial charge >= 0.3 is 27.3 Å². The third kappa shape index (κ3) is 10.4. The van der Waals surface area contributed by atoms with E-state index < -0.39 is 0 Å². The maximum Gasteiger partial charge on any atom is 2.00 e. The van der Waals surface area contributed by atoms with E-state index in [0.717, 1.165) is 56.7 Å². The summed E-state index contributed by atoms with van der Waals surface area (Å²) in [5.74, 6) is 0. The molecule has 0 saturated carbocycles. The second kappa shape index (κ2) is 21.5. The first-order valence-corrected chi connectivity index (χ1v) is 29.7. The van der Waals surface area contributed by atoms with Crippen LogP contribution in [0.3, 0.4) is 0 Å². The first kappa shape index (κ1) is 61.3. The smallest absolute Gasteiger partial charge is 0.412 e. The number of hydrogen-bond donors (Lipinski definition) is 0. The van der Waals surface area contributed by atoms with Gasteiger partial charge in [0, 0.05) is 72.5 Å². The minimum Gasteiger partial charge on any atom is -0.412 e. The van der Waals surface area contributed by atoms with Crippen LogP contribution in [0.2, 0.25) is 0 Å². The van der Waals surface area contributed by atoms with Crippen molar-refractivity contribution in [3.63, 3.8) is 0 Å². The number of nitrogens with zero attached hydrogens (tertiary/aromatic N) is 3. The van der Waals surface area contributed by atoms with Gasteiger partial charge in [0.05, 0.1) is 0 Å². The molecule has 0 N–H and O–H groups in total. The van der Waals surface area contributed by atoms with Crippen molar-refractivity contribution in [2.45, 2.75) is 150 Å². The van der Waals surface area contributed by atoms with Gasteiger partial charge in [-0.15, -0.1) is 11.0 Å². The summed E-state index contributed by atoms with van der Waals surface area (Å²) < 4.78 is 0. The molecule has 2 aliphatic heterocycles. The Morgan fingerprint density at radius 2 is 0.988 bits per heavy atom. The minimum atomic E-state index is -0.255. The van der Waals surface area contributed by atoms with Crippen LogP contribution < -0.4 is 31.1 Å². The summed E-state index contributed by atoms with van der Waals surface area (Å²) >= 11 is 0. The quantitative estimate of drug-likeness (QED) is 0.121. The zero-order valence-corrected chi connectivity index (χ0v) is 61.3. The Hall–Kier alpha value is -5.84.